The van der Waals surface area contributed by atoms with E-state index in [1.54, 1.807) is 24.4 Å². The van der Waals surface area contributed by atoms with E-state index in [9.17, 15) is 14.9 Å². The van der Waals surface area contributed by atoms with E-state index in [1.165, 1.54) is 24.3 Å². The molecule has 0 unspecified atom stereocenters. The number of carbonyl (C=O) groups is 1. The van der Waals surface area contributed by atoms with Crippen LogP contribution in [-0.2, 0) is 4.74 Å². The molecule has 3 aromatic carbocycles. The van der Waals surface area contributed by atoms with E-state index < -0.39 is 4.92 Å². The van der Waals surface area contributed by atoms with Crippen LogP contribution in [0.4, 0.5) is 11.5 Å². The Hall–Kier alpha value is -4.69. The Morgan fingerprint density at radius 2 is 1.59 bits per heavy atom. The standard InChI is InChI=1S/C29H24N4O4/c30-28(23-12-13-31-27(19-23)32-14-16-37-17-15-32)25-11-8-22(20-4-2-1-3-5-20)18-26(25)29(34)21-6-9-24(10-7-21)33(35)36/h1-13,18-19,30H,14-17H2. The van der Waals surface area contributed by atoms with Gasteiger partial charge in [0.2, 0.25) is 0 Å². The Morgan fingerprint density at radius 3 is 2.30 bits per heavy atom. The summed E-state index contributed by atoms with van der Waals surface area (Å²) >= 11 is 0. The van der Waals surface area contributed by atoms with Crippen molar-refractivity contribution >= 4 is 23.0 Å². The number of nitro benzene ring substituents is 1. The molecule has 1 aliphatic heterocycles. The van der Waals surface area contributed by atoms with Crippen LogP contribution >= 0.6 is 0 Å². The number of nitrogens with zero attached hydrogens (tertiary/aromatic N) is 3. The maximum Gasteiger partial charge on any atom is 0.269 e. The molecule has 8 heteroatoms. The fourth-order valence-corrected chi connectivity index (χ4v) is 4.35. The Bertz CT molecular complexity index is 1460. The molecule has 4 aromatic rings. The Morgan fingerprint density at radius 1 is 0.865 bits per heavy atom. The number of pyridine rings is 1. The highest BCUT2D eigenvalue weighted by Gasteiger charge is 2.21. The van der Waals surface area contributed by atoms with Gasteiger partial charge in [-0.05, 0) is 41.5 Å². The number of ether oxygens (including phenoxy) is 1. The van der Waals surface area contributed by atoms with E-state index >= 15 is 0 Å². The van der Waals surface area contributed by atoms with Gasteiger partial charge in [0.1, 0.15) is 5.82 Å². The number of nitrogens with one attached hydrogen (secondary N) is 1. The summed E-state index contributed by atoms with van der Waals surface area (Å²) in [7, 11) is 0. The predicted octanol–water partition coefficient (Wildman–Crippen LogP) is 5.14. The monoisotopic (exact) mass is 492 g/mol. The summed E-state index contributed by atoms with van der Waals surface area (Å²) in [6.07, 6.45) is 1.67. The fourth-order valence-electron chi connectivity index (χ4n) is 4.35. The summed E-state index contributed by atoms with van der Waals surface area (Å²) in [6.45, 7) is 2.69. The summed E-state index contributed by atoms with van der Waals surface area (Å²) in [5.41, 5.74) is 3.67. The van der Waals surface area contributed by atoms with Crippen molar-refractivity contribution in [3.8, 4) is 11.1 Å². The van der Waals surface area contributed by atoms with Crippen LogP contribution in [0.5, 0.6) is 0 Å². The second kappa shape index (κ2) is 10.5. The van der Waals surface area contributed by atoms with Crippen molar-refractivity contribution in [1.29, 1.82) is 5.41 Å². The SMILES string of the molecule is N=C(c1ccnc(N2CCOCC2)c1)c1ccc(-c2ccccc2)cc1C(=O)c1ccc([N+](=O)[O-])cc1. The lowest BCUT2D eigenvalue weighted by atomic mass is 9.90. The van der Waals surface area contributed by atoms with E-state index in [4.69, 9.17) is 10.1 Å². The zero-order valence-electron chi connectivity index (χ0n) is 20.0. The Labute approximate surface area is 213 Å². The van der Waals surface area contributed by atoms with Gasteiger partial charge in [0.15, 0.2) is 5.78 Å². The van der Waals surface area contributed by atoms with Crippen molar-refractivity contribution in [2.24, 2.45) is 0 Å². The summed E-state index contributed by atoms with van der Waals surface area (Å²) in [5.74, 6) is 0.449. The summed E-state index contributed by atoms with van der Waals surface area (Å²) in [5, 5.41) is 20.1. The van der Waals surface area contributed by atoms with Gasteiger partial charge in [-0.2, -0.15) is 0 Å². The van der Waals surface area contributed by atoms with Gasteiger partial charge in [0.05, 0.1) is 23.8 Å². The Kier molecular flexibility index (Phi) is 6.83. The highest BCUT2D eigenvalue weighted by molar-refractivity contribution is 6.21. The molecule has 1 saturated heterocycles. The van der Waals surface area contributed by atoms with Crippen molar-refractivity contribution in [3.05, 3.63) is 123 Å². The largest absolute Gasteiger partial charge is 0.378 e. The van der Waals surface area contributed by atoms with E-state index in [1.807, 2.05) is 42.5 Å². The molecule has 0 atom stereocenters. The third-order valence-electron chi connectivity index (χ3n) is 6.35. The minimum Gasteiger partial charge on any atom is -0.378 e. The number of benzene rings is 3. The highest BCUT2D eigenvalue weighted by Crippen LogP contribution is 2.27. The van der Waals surface area contributed by atoms with Crippen LogP contribution in [0.2, 0.25) is 0 Å². The maximum atomic E-state index is 13.7. The molecular formula is C29H24N4O4. The highest BCUT2D eigenvalue weighted by atomic mass is 16.6. The van der Waals surface area contributed by atoms with Gasteiger partial charge in [-0.15, -0.1) is 0 Å². The van der Waals surface area contributed by atoms with Crippen LogP contribution in [0, 0.1) is 15.5 Å². The molecule has 0 saturated carbocycles. The zero-order valence-corrected chi connectivity index (χ0v) is 20.0. The normalized spacial score (nSPS) is 13.2. The van der Waals surface area contributed by atoms with Crippen LogP contribution in [0.25, 0.3) is 11.1 Å². The van der Waals surface area contributed by atoms with Gasteiger partial charge >= 0.3 is 0 Å². The van der Waals surface area contributed by atoms with Crippen molar-refractivity contribution < 1.29 is 14.5 Å². The molecule has 1 aromatic heterocycles. The summed E-state index contributed by atoms with van der Waals surface area (Å²) in [6, 6.07) is 24.3. The average Bonchev–Trinajstić information content (AvgIpc) is 2.97. The topological polar surface area (TPSA) is 109 Å². The molecule has 0 bridgehead atoms. The van der Waals surface area contributed by atoms with E-state index in [0.29, 0.717) is 35.5 Å². The smallest absolute Gasteiger partial charge is 0.269 e. The maximum absolute atomic E-state index is 13.7. The summed E-state index contributed by atoms with van der Waals surface area (Å²) in [4.78, 5) is 30.8. The summed E-state index contributed by atoms with van der Waals surface area (Å²) < 4.78 is 5.43. The average molecular weight is 493 g/mol. The van der Waals surface area contributed by atoms with Gasteiger partial charge < -0.3 is 9.64 Å². The van der Waals surface area contributed by atoms with Crippen LogP contribution < -0.4 is 4.90 Å². The van der Waals surface area contributed by atoms with Gasteiger partial charge in [0.25, 0.3) is 5.69 Å². The number of hydrogen-bond acceptors (Lipinski definition) is 7. The lowest BCUT2D eigenvalue weighted by molar-refractivity contribution is -0.384. The molecule has 0 spiro atoms. The second-order valence-electron chi connectivity index (χ2n) is 8.64. The zero-order chi connectivity index (χ0) is 25.8. The molecule has 184 valence electrons. The number of non-ortho nitro benzene ring substituents is 1. The quantitative estimate of drug-likeness (QED) is 0.166. The first-order valence-corrected chi connectivity index (χ1v) is 11.9. The number of morpholine rings is 1. The van der Waals surface area contributed by atoms with Crippen molar-refractivity contribution in [1.82, 2.24) is 4.98 Å². The molecule has 1 aliphatic rings. The van der Waals surface area contributed by atoms with Gasteiger partial charge in [0, 0.05) is 53.7 Å². The minimum atomic E-state index is -0.499. The first-order valence-electron chi connectivity index (χ1n) is 11.9. The lowest BCUT2D eigenvalue weighted by Gasteiger charge is -2.28. The first-order chi connectivity index (χ1) is 18.0. The van der Waals surface area contributed by atoms with E-state index in [-0.39, 0.29) is 17.2 Å². The third kappa shape index (κ3) is 5.14. The van der Waals surface area contributed by atoms with Gasteiger partial charge in [-0.3, -0.25) is 20.3 Å². The van der Waals surface area contributed by atoms with Crippen LogP contribution in [0.15, 0.2) is 91.1 Å². The van der Waals surface area contributed by atoms with Gasteiger partial charge in [-0.1, -0.05) is 42.5 Å². The first kappa shape index (κ1) is 24.0. The molecule has 0 radical (unpaired) electrons. The van der Waals surface area contributed by atoms with Crippen molar-refractivity contribution in [2.45, 2.75) is 0 Å². The molecular weight excluding hydrogens is 468 g/mol. The van der Waals surface area contributed by atoms with Crippen LogP contribution in [0.3, 0.4) is 0 Å². The molecule has 37 heavy (non-hydrogen) atoms. The van der Waals surface area contributed by atoms with E-state index in [0.717, 1.165) is 30.0 Å². The van der Waals surface area contributed by atoms with Crippen LogP contribution in [0.1, 0.15) is 27.0 Å². The van der Waals surface area contributed by atoms with Crippen molar-refractivity contribution in [2.75, 3.05) is 31.2 Å². The molecule has 1 N–H and O–H groups in total. The van der Waals surface area contributed by atoms with Gasteiger partial charge in [-0.25, -0.2) is 4.98 Å². The fraction of sp³-hybridized carbons (Fsp3) is 0.138. The molecule has 5 rings (SSSR count). The number of anilines is 1. The number of ketones is 1. The second-order valence-corrected chi connectivity index (χ2v) is 8.64. The third-order valence-corrected chi connectivity index (χ3v) is 6.35. The van der Waals surface area contributed by atoms with Crippen molar-refractivity contribution in [3.63, 3.8) is 0 Å². The number of aromatic nitrogens is 1. The minimum absolute atomic E-state index is 0.0880. The molecule has 1 fully saturated rings. The Balaban J connectivity index is 1.56. The number of hydrogen-bond donors (Lipinski definition) is 1. The molecule has 0 aliphatic carbocycles. The number of nitro groups is 1. The molecule has 8 nitrogen and oxygen atoms in total. The lowest BCUT2D eigenvalue weighted by Crippen LogP contribution is -2.36. The number of rotatable bonds is 7. The predicted molar refractivity (Wildman–Crippen MR) is 142 cm³/mol. The molecule has 2 heterocycles. The molecule has 0 amide bonds. The number of carbonyl (C=O) groups excluding carboxylic acids is 1. The van der Waals surface area contributed by atoms with E-state index in [2.05, 4.69) is 9.88 Å². The van der Waals surface area contributed by atoms with Crippen LogP contribution in [-0.4, -0.2) is 47.7 Å².